The number of carbonyl (C=O) groups excluding carboxylic acids is 1. The first-order valence-electron chi connectivity index (χ1n) is 10.5. The fraction of sp³-hybridized carbons (Fsp3) is 0.280. The summed E-state index contributed by atoms with van der Waals surface area (Å²) in [5, 5.41) is 2.95. The number of benzene rings is 2. The number of piperazine rings is 1. The van der Waals surface area contributed by atoms with Gasteiger partial charge in [-0.2, -0.15) is 0 Å². The summed E-state index contributed by atoms with van der Waals surface area (Å²) in [5.41, 5.74) is 4.43. The van der Waals surface area contributed by atoms with Gasteiger partial charge in [0.05, 0.1) is 11.9 Å². The fourth-order valence-electron chi connectivity index (χ4n) is 3.72. The van der Waals surface area contributed by atoms with Crippen molar-refractivity contribution in [2.45, 2.75) is 19.8 Å². The molecule has 1 amide bonds. The molecular weight excluding hydrogens is 372 g/mol. The highest BCUT2D eigenvalue weighted by Gasteiger charge is 2.18. The number of pyridine rings is 1. The predicted molar refractivity (Wildman–Crippen MR) is 123 cm³/mol. The zero-order chi connectivity index (χ0) is 20.8. The molecule has 1 aliphatic heterocycles. The number of aryl methyl sites for hydroxylation is 2. The standard InChI is InChI=1S/C25H28N4O/c1-20-7-9-21(10-8-20)11-14-25(30)27-22-12-13-24(26-19-22)29-17-15-28(16-18-29)23-5-3-2-4-6-23/h2-10,12-13,19H,11,14-18H2,1H3,(H,27,30). The lowest BCUT2D eigenvalue weighted by molar-refractivity contribution is -0.116. The summed E-state index contributed by atoms with van der Waals surface area (Å²) < 4.78 is 0. The third kappa shape index (κ3) is 5.17. The molecule has 0 aliphatic carbocycles. The lowest BCUT2D eigenvalue weighted by atomic mass is 10.1. The van der Waals surface area contributed by atoms with Gasteiger partial charge < -0.3 is 15.1 Å². The van der Waals surface area contributed by atoms with Gasteiger partial charge >= 0.3 is 0 Å². The predicted octanol–water partition coefficient (Wildman–Crippen LogP) is 4.29. The number of carbonyl (C=O) groups is 1. The number of nitrogens with one attached hydrogen (secondary N) is 1. The number of aromatic nitrogens is 1. The minimum Gasteiger partial charge on any atom is -0.368 e. The Morgan fingerprint density at radius 2 is 1.60 bits per heavy atom. The van der Waals surface area contributed by atoms with Gasteiger partial charge in [0.15, 0.2) is 0 Å². The van der Waals surface area contributed by atoms with E-state index in [9.17, 15) is 4.79 Å². The van der Waals surface area contributed by atoms with E-state index in [0.29, 0.717) is 6.42 Å². The summed E-state index contributed by atoms with van der Waals surface area (Å²) in [5.74, 6) is 0.974. The highest BCUT2D eigenvalue weighted by atomic mass is 16.1. The Morgan fingerprint density at radius 1 is 0.900 bits per heavy atom. The van der Waals surface area contributed by atoms with Crippen molar-refractivity contribution in [3.63, 3.8) is 0 Å². The number of rotatable bonds is 6. The number of amides is 1. The molecule has 2 aromatic carbocycles. The molecule has 5 heteroatoms. The monoisotopic (exact) mass is 400 g/mol. The molecule has 0 bridgehead atoms. The van der Waals surface area contributed by atoms with Gasteiger partial charge in [-0.05, 0) is 43.2 Å². The summed E-state index contributed by atoms with van der Waals surface area (Å²) in [6, 6.07) is 22.8. The molecule has 154 valence electrons. The van der Waals surface area contributed by atoms with Crippen molar-refractivity contribution in [2.75, 3.05) is 41.3 Å². The highest BCUT2D eigenvalue weighted by Crippen LogP contribution is 2.20. The molecule has 0 atom stereocenters. The van der Waals surface area contributed by atoms with Crippen LogP contribution in [0.15, 0.2) is 72.9 Å². The van der Waals surface area contributed by atoms with Crippen LogP contribution in [0.2, 0.25) is 0 Å². The smallest absolute Gasteiger partial charge is 0.224 e. The molecule has 5 nitrogen and oxygen atoms in total. The summed E-state index contributed by atoms with van der Waals surface area (Å²) in [6.07, 6.45) is 2.96. The largest absolute Gasteiger partial charge is 0.368 e. The lowest BCUT2D eigenvalue weighted by Crippen LogP contribution is -2.46. The van der Waals surface area contributed by atoms with Gasteiger partial charge in [0.25, 0.3) is 0 Å². The van der Waals surface area contributed by atoms with E-state index >= 15 is 0 Å². The molecule has 1 saturated heterocycles. The number of para-hydroxylation sites is 1. The summed E-state index contributed by atoms with van der Waals surface area (Å²) in [6.45, 7) is 5.89. The maximum absolute atomic E-state index is 12.3. The SMILES string of the molecule is Cc1ccc(CCC(=O)Nc2ccc(N3CCN(c4ccccc4)CC3)nc2)cc1. The number of hydrogen-bond acceptors (Lipinski definition) is 4. The first-order chi connectivity index (χ1) is 14.7. The molecule has 1 fully saturated rings. The van der Waals surface area contributed by atoms with Crippen molar-refractivity contribution in [2.24, 2.45) is 0 Å². The van der Waals surface area contributed by atoms with Crippen molar-refractivity contribution >= 4 is 23.1 Å². The molecule has 30 heavy (non-hydrogen) atoms. The van der Waals surface area contributed by atoms with Gasteiger partial charge in [0, 0.05) is 38.3 Å². The molecule has 0 spiro atoms. The summed E-state index contributed by atoms with van der Waals surface area (Å²) in [7, 11) is 0. The van der Waals surface area contributed by atoms with Gasteiger partial charge in [-0.1, -0.05) is 48.0 Å². The summed E-state index contributed by atoms with van der Waals surface area (Å²) >= 11 is 0. The Kier molecular flexibility index (Phi) is 6.28. The van der Waals surface area contributed by atoms with Crippen LogP contribution < -0.4 is 15.1 Å². The Bertz CT molecular complexity index is 947. The summed E-state index contributed by atoms with van der Waals surface area (Å²) in [4.78, 5) is 21.5. The normalized spacial score (nSPS) is 13.9. The maximum Gasteiger partial charge on any atom is 0.224 e. The quantitative estimate of drug-likeness (QED) is 0.671. The second-order valence-electron chi connectivity index (χ2n) is 7.75. The van der Waals surface area contributed by atoms with E-state index in [2.05, 4.69) is 75.6 Å². The van der Waals surface area contributed by atoms with Crippen molar-refractivity contribution in [1.29, 1.82) is 0 Å². The third-order valence-electron chi connectivity index (χ3n) is 5.52. The van der Waals surface area contributed by atoms with Crippen molar-refractivity contribution in [3.05, 3.63) is 84.1 Å². The van der Waals surface area contributed by atoms with Crippen LogP contribution >= 0.6 is 0 Å². The second-order valence-corrected chi connectivity index (χ2v) is 7.75. The minimum absolute atomic E-state index is 0.0154. The topological polar surface area (TPSA) is 48.5 Å². The van der Waals surface area contributed by atoms with E-state index in [0.717, 1.165) is 44.1 Å². The van der Waals surface area contributed by atoms with Gasteiger partial charge in [0.1, 0.15) is 5.82 Å². The molecular formula is C25H28N4O. The van der Waals surface area contributed by atoms with Crippen LogP contribution in [0.4, 0.5) is 17.2 Å². The molecule has 0 saturated carbocycles. The molecule has 0 radical (unpaired) electrons. The maximum atomic E-state index is 12.3. The van der Waals surface area contributed by atoms with Crippen LogP contribution in [-0.4, -0.2) is 37.1 Å². The average molecular weight is 401 g/mol. The molecule has 1 aliphatic rings. The van der Waals surface area contributed by atoms with Gasteiger partial charge in [-0.15, -0.1) is 0 Å². The Hall–Kier alpha value is -3.34. The number of nitrogens with zero attached hydrogens (tertiary/aromatic N) is 3. The van der Waals surface area contributed by atoms with Crippen LogP contribution in [0, 0.1) is 6.92 Å². The number of anilines is 3. The lowest BCUT2D eigenvalue weighted by Gasteiger charge is -2.36. The van der Waals surface area contributed by atoms with E-state index in [4.69, 9.17) is 0 Å². The molecule has 1 aromatic heterocycles. The molecule has 3 aromatic rings. The van der Waals surface area contributed by atoms with Crippen LogP contribution in [0.1, 0.15) is 17.5 Å². The zero-order valence-electron chi connectivity index (χ0n) is 17.4. The van der Waals surface area contributed by atoms with Crippen molar-refractivity contribution in [1.82, 2.24) is 4.98 Å². The minimum atomic E-state index is 0.0154. The van der Waals surface area contributed by atoms with Crippen molar-refractivity contribution < 1.29 is 4.79 Å². The van der Waals surface area contributed by atoms with Crippen molar-refractivity contribution in [3.8, 4) is 0 Å². The van der Waals surface area contributed by atoms with Gasteiger partial charge in [-0.3, -0.25) is 4.79 Å². The van der Waals surface area contributed by atoms with Crippen LogP contribution in [-0.2, 0) is 11.2 Å². The van der Waals surface area contributed by atoms with E-state index in [1.807, 2.05) is 18.2 Å². The molecule has 0 unspecified atom stereocenters. The molecule has 2 heterocycles. The van der Waals surface area contributed by atoms with E-state index in [1.165, 1.54) is 16.8 Å². The second kappa shape index (κ2) is 9.44. The molecule has 4 rings (SSSR count). The zero-order valence-corrected chi connectivity index (χ0v) is 17.4. The Balaban J connectivity index is 1.26. The van der Waals surface area contributed by atoms with E-state index in [1.54, 1.807) is 6.20 Å². The third-order valence-corrected chi connectivity index (χ3v) is 5.52. The first kappa shape index (κ1) is 20.0. The number of hydrogen-bond donors (Lipinski definition) is 1. The Labute approximate surface area is 178 Å². The van der Waals surface area contributed by atoms with E-state index < -0.39 is 0 Å². The van der Waals surface area contributed by atoms with Gasteiger partial charge in [-0.25, -0.2) is 4.98 Å². The first-order valence-corrected chi connectivity index (χ1v) is 10.5. The van der Waals surface area contributed by atoms with Crippen LogP contribution in [0.5, 0.6) is 0 Å². The van der Waals surface area contributed by atoms with Gasteiger partial charge in [0.2, 0.25) is 5.91 Å². The molecule has 1 N–H and O–H groups in total. The highest BCUT2D eigenvalue weighted by molar-refractivity contribution is 5.90. The average Bonchev–Trinajstić information content (AvgIpc) is 2.80. The Morgan fingerprint density at radius 3 is 2.27 bits per heavy atom. The van der Waals surface area contributed by atoms with Crippen LogP contribution in [0.3, 0.4) is 0 Å². The van der Waals surface area contributed by atoms with Crippen LogP contribution in [0.25, 0.3) is 0 Å². The van der Waals surface area contributed by atoms with E-state index in [-0.39, 0.29) is 5.91 Å². The fourth-order valence-corrected chi connectivity index (χ4v) is 3.72.